The molecule has 2 N–H and O–H groups in total. The smallest absolute Gasteiger partial charge is 0.270 e. The molecule has 1 amide bonds. The first-order valence-corrected chi connectivity index (χ1v) is 8.71. The Labute approximate surface area is 162 Å². The third kappa shape index (κ3) is 4.54. The van der Waals surface area contributed by atoms with E-state index in [0.717, 1.165) is 22.6 Å². The van der Waals surface area contributed by atoms with Crippen molar-refractivity contribution in [1.82, 2.24) is 15.3 Å². The van der Waals surface area contributed by atoms with Crippen molar-refractivity contribution in [2.24, 2.45) is 0 Å². The van der Waals surface area contributed by atoms with Crippen LogP contribution in [-0.4, -0.2) is 23.0 Å². The van der Waals surface area contributed by atoms with Crippen LogP contribution in [0.3, 0.4) is 0 Å². The van der Waals surface area contributed by atoms with Gasteiger partial charge in [-0.3, -0.25) is 4.79 Å². The van der Waals surface area contributed by atoms with Gasteiger partial charge in [-0.15, -0.1) is 0 Å². The van der Waals surface area contributed by atoms with E-state index in [0.29, 0.717) is 17.5 Å². The Kier molecular flexibility index (Phi) is 5.88. The Morgan fingerprint density at radius 3 is 2.78 bits per heavy atom. The van der Waals surface area contributed by atoms with Crippen LogP contribution in [0.5, 0.6) is 5.75 Å². The predicted molar refractivity (Wildman–Crippen MR) is 106 cm³/mol. The van der Waals surface area contributed by atoms with Gasteiger partial charge in [0.15, 0.2) is 0 Å². The van der Waals surface area contributed by atoms with Gasteiger partial charge in [0.1, 0.15) is 11.4 Å². The van der Waals surface area contributed by atoms with Gasteiger partial charge in [0.2, 0.25) is 5.95 Å². The standard InChI is InChI=1S/C20H19ClN4O2/c1-13-15(21)7-5-8-16(13)24-20-22-11-10-17(25-20)19(26)23-12-14-6-3-4-9-18(14)27-2/h3-11H,12H2,1-2H3,(H,23,26)(H,22,24,25). The summed E-state index contributed by atoms with van der Waals surface area (Å²) < 4.78 is 5.29. The monoisotopic (exact) mass is 382 g/mol. The summed E-state index contributed by atoms with van der Waals surface area (Å²) in [4.78, 5) is 20.9. The molecule has 0 unspecified atom stereocenters. The second-order valence-electron chi connectivity index (χ2n) is 5.80. The lowest BCUT2D eigenvalue weighted by atomic mass is 10.2. The number of benzene rings is 2. The van der Waals surface area contributed by atoms with Gasteiger partial charge in [-0.25, -0.2) is 9.97 Å². The number of hydrogen-bond donors (Lipinski definition) is 2. The summed E-state index contributed by atoms with van der Waals surface area (Å²) in [5.74, 6) is 0.749. The number of para-hydroxylation sites is 1. The maximum Gasteiger partial charge on any atom is 0.270 e. The zero-order chi connectivity index (χ0) is 19.2. The Balaban J connectivity index is 1.71. The maximum atomic E-state index is 12.5. The maximum absolute atomic E-state index is 12.5. The highest BCUT2D eigenvalue weighted by atomic mass is 35.5. The fraction of sp³-hybridized carbons (Fsp3) is 0.150. The lowest BCUT2D eigenvalue weighted by Crippen LogP contribution is -2.24. The fourth-order valence-corrected chi connectivity index (χ4v) is 2.70. The van der Waals surface area contributed by atoms with E-state index in [1.54, 1.807) is 13.2 Å². The Bertz CT molecular complexity index is 962. The molecule has 2 aromatic carbocycles. The molecule has 0 bridgehead atoms. The molecule has 1 aromatic heterocycles. The zero-order valence-corrected chi connectivity index (χ0v) is 15.7. The number of hydrogen-bond acceptors (Lipinski definition) is 5. The van der Waals surface area contributed by atoms with E-state index in [2.05, 4.69) is 20.6 Å². The van der Waals surface area contributed by atoms with E-state index in [1.807, 2.05) is 49.4 Å². The van der Waals surface area contributed by atoms with Crippen LogP contribution in [0.4, 0.5) is 11.6 Å². The van der Waals surface area contributed by atoms with E-state index >= 15 is 0 Å². The highest BCUT2D eigenvalue weighted by Gasteiger charge is 2.11. The Morgan fingerprint density at radius 1 is 1.15 bits per heavy atom. The molecule has 27 heavy (non-hydrogen) atoms. The molecular formula is C20H19ClN4O2. The molecule has 3 aromatic rings. The van der Waals surface area contributed by atoms with Gasteiger partial charge in [-0.05, 0) is 36.8 Å². The van der Waals surface area contributed by atoms with E-state index in [4.69, 9.17) is 16.3 Å². The van der Waals surface area contributed by atoms with Crippen LogP contribution in [0, 0.1) is 6.92 Å². The first-order chi connectivity index (χ1) is 13.1. The SMILES string of the molecule is COc1ccccc1CNC(=O)c1ccnc(Nc2cccc(Cl)c2C)n1. The van der Waals surface area contributed by atoms with Crippen LogP contribution < -0.4 is 15.4 Å². The van der Waals surface area contributed by atoms with Gasteiger partial charge in [0.25, 0.3) is 5.91 Å². The van der Waals surface area contributed by atoms with Crippen molar-refractivity contribution in [2.45, 2.75) is 13.5 Å². The Hall–Kier alpha value is -3.12. The molecule has 0 atom stereocenters. The number of anilines is 2. The highest BCUT2D eigenvalue weighted by molar-refractivity contribution is 6.31. The molecule has 0 saturated heterocycles. The molecule has 7 heteroatoms. The summed E-state index contributed by atoms with van der Waals surface area (Å²) in [5, 5.41) is 6.58. The predicted octanol–water partition coefficient (Wildman–Crippen LogP) is 4.12. The Morgan fingerprint density at radius 2 is 1.96 bits per heavy atom. The number of ether oxygens (including phenoxy) is 1. The zero-order valence-electron chi connectivity index (χ0n) is 15.0. The second-order valence-corrected chi connectivity index (χ2v) is 6.20. The lowest BCUT2D eigenvalue weighted by Gasteiger charge is -2.11. The molecule has 0 aliphatic carbocycles. The van der Waals surface area contributed by atoms with Crippen molar-refractivity contribution in [3.63, 3.8) is 0 Å². The average molecular weight is 383 g/mol. The normalized spacial score (nSPS) is 10.3. The second kappa shape index (κ2) is 8.51. The van der Waals surface area contributed by atoms with Gasteiger partial charge in [-0.2, -0.15) is 0 Å². The van der Waals surface area contributed by atoms with Crippen LogP contribution in [0.2, 0.25) is 5.02 Å². The van der Waals surface area contributed by atoms with Crippen molar-refractivity contribution >= 4 is 29.1 Å². The molecule has 1 heterocycles. The van der Waals surface area contributed by atoms with E-state index in [9.17, 15) is 4.79 Å². The summed E-state index contributed by atoms with van der Waals surface area (Å²) in [6.07, 6.45) is 1.53. The topological polar surface area (TPSA) is 76.1 Å². The van der Waals surface area contributed by atoms with Crippen LogP contribution in [0.1, 0.15) is 21.6 Å². The summed E-state index contributed by atoms with van der Waals surface area (Å²) >= 11 is 6.13. The van der Waals surface area contributed by atoms with Crippen molar-refractivity contribution in [3.8, 4) is 5.75 Å². The van der Waals surface area contributed by atoms with Gasteiger partial charge in [0.05, 0.1) is 7.11 Å². The average Bonchev–Trinajstić information content (AvgIpc) is 2.70. The van der Waals surface area contributed by atoms with Crippen LogP contribution in [0.25, 0.3) is 0 Å². The van der Waals surface area contributed by atoms with Gasteiger partial charge in [-0.1, -0.05) is 35.9 Å². The number of nitrogens with zero attached hydrogens (tertiary/aromatic N) is 2. The number of halogens is 1. The number of nitrogens with one attached hydrogen (secondary N) is 2. The molecule has 0 aliphatic heterocycles. The quantitative estimate of drug-likeness (QED) is 0.670. The first kappa shape index (κ1) is 18.7. The summed E-state index contributed by atoms with van der Waals surface area (Å²) in [5.41, 5.74) is 2.82. The van der Waals surface area contributed by atoms with Crippen LogP contribution in [0.15, 0.2) is 54.7 Å². The third-order valence-electron chi connectivity index (χ3n) is 4.03. The van der Waals surface area contributed by atoms with Crippen molar-refractivity contribution < 1.29 is 9.53 Å². The van der Waals surface area contributed by atoms with Crippen molar-refractivity contribution in [2.75, 3.05) is 12.4 Å². The van der Waals surface area contributed by atoms with E-state index < -0.39 is 0 Å². The molecule has 0 saturated carbocycles. The highest BCUT2D eigenvalue weighted by Crippen LogP contribution is 2.24. The van der Waals surface area contributed by atoms with E-state index in [-0.39, 0.29) is 11.6 Å². The van der Waals surface area contributed by atoms with Crippen LogP contribution in [-0.2, 0) is 6.54 Å². The molecule has 0 radical (unpaired) electrons. The number of rotatable bonds is 6. The fourth-order valence-electron chi connectivity index (χ4n) is 2.52. The first-order valence-electron chi connectivity index (χ1n) is 8.33. The van der Waals surface area contributed by atoms with Crippen molar-refractivity contribution in [1.29, 1.82) is 0 Å². The molecule has 138 valence electrons. The molecule has 6 nitrogen and oxygen atoms in total. The molecule has 3 rings (SSSR count). The molecular weight excluding hydrogens is 364 g/mol. The molecule has 0 spiro atoms. The van der Waals surface area contributed by atoms with Crippen LogP contribution >= 0.6 is 11.6 Å². The number of methoxy groups -OCH3 is 1. The number of carbonyl (C=O) groups excluding carboxylic acids is 1. The largest absolute Gasteiger partial charge is 0.496 e. The van der Waals surface area contributed by atoms with Gasteiger partial charge in [0, 0.05) is 29.0 Å². The minimum Gasteiger partial charge on any atom is -0.496 e. The lowest BCUT2D eigenvalue weighted by molar-refractivity contribution is 0.0945. The summed E-state index contributed by atoms with van der Waals surface area (Å²) in [6, 6.07) is 14.6. The minimum absolute atomic E-state index is 0.266. The third-order valence-corrected chi connectivity index (χ3v) is 4.44. The van der Waals surface area contributed by atoms with Gasteiger partial charge >= 0.3 is 0 Å². The van der Waals surface area contributed by atoms with Crippen molar-refractivity contribution in [3.05, 3.63) is 76.6 Å². The molecule has 0 fully saturated rings. The number of carbonyl (C=O) groups is 1. The summed E-state index contributed by atoms with van der Waals surface area (Å²) in [7, 11) is 1.60. The van der Waals surface area contributed by atoms with E-state index in [1.165, 1.54) is 6.20 Å². The summed E-state index contributed by atoms with van der Waals surface area (Å²) in [6.45, 7) is 2.23. The molecule has 0 aliphatic rings. The minimum atomic E-state index is -0.297. The van der Waals surface area contributed by atoms with Gasteiger partial charge < -0.3 is 15.4 Å². The number of amides is 1. The number of aromatic nitrogens is 2.